The van der Waals surface area contributed by atoms with Gasteiger partial charge in [0, 0.05) is 21.7 Å². The normalized spacial score (nSPS) is 10.7. The van der Waals surface area contributed by atoms with Gasteiger partial charge >= 0.3 is 0 Å². The van der Waals surface area contributed by atoms with Gasteiger partial charge in [0.1, 0.15) is 5.82 Å². The second-order valence-electron chi connectivity index (χ2n) is 6.40. The van der Waals surface area contributed by atoms with E-state index < -0.39 is 0 Å². The minimum Gasteiger partial charge on any atom is -0.493 e. The predicted octanol–water partition coefficient (Wildman–Crippen LogP) is 5.94. The molecule has 0 unspecified atom stereocenters. The van der Waals surface area contributed by atoms with Crippen LogP contribution in [0.1, 0.15) is 29.3 Å². The Morgan fingerprint density at radius 1 is 1.13 bits per heavy atom. The van der Waals surface area contributed by atoms with E-state index in [9.17, 15) is 4.79 Å². The van der Waals surface area contributed by atoms with Gasteiger partial charge in [0.25, 0.3) is 5.91 Å². The summed E-state index contributed by atoms with van der Waals surface area (Å²) >= 11 is 18.5. The highest BCUT2D eigenvalue weighted by Gasteiger charge is 2.17. The van der Waals surface area contributed by atoms with Crippen molar-refractivity contribution < 1.29 is 14.3 Å². The van der Waals surface area contributed by atoms with Crippen molar-refractivity contribution in [1.29, 1.82) is 0 Å². The summed E-state index contributed by atoms with van der Waals surface area (Å²) in [7, 11) is 1.50. The van der Waals surface area contributed by atoms with Crippen molar-refractivity contribution in [3.05, 3.63) is 68.8 Å². The van der Waals surface area contributed by atoms with E-state index in [0.29, 0.717) is 51.1 Å². The highest BCUT2D eigenvalue weighted by molar-refractivity contribution is 6.35. The van der Waals surface area contributed by atoms with E-state index in [2.05, 4.69) is 10.4 Å². The smallest absolute Gasteiger partial charge is 0.257 e. The number of carbonyl (C=O) groups is 1. The monoisotopic (exact) mass is 467 g/mol. The number of benzene rings is 2. The molecule has 0 bridgehead atoms. The van der Waals surface area contributed by atoms with E-state index in [1.807, 2.05) is 13.0 Å². The number of halogens is 3. The molecule has 0 saturated carbocycles. The van der Waals surface area contributed by atoms with E-state index in [4.69, 9.17) is 44.3 Å². The van der Waals surface area contributed by atoms with Crippen LogP contribution in [0.15, 0.2) is 42.6 Å². The van der Waals surface area contributed by atoms with Crippen LogP contribution in [0, 0.1) is 0 Å². The van der Waals surface area contributed by atoms with Crippen molar-refractivity contribution in [3.63, 3.8) is 0 Å². The van der Waals surface area contributed by atoms with Gasteiger partial charge in [0.2, 0.25) is 0 Å². The summed E-state index contributed by atoms with van der Waals surface area (Å²) in [4.78, 5) is 12.8. The Hall–Kier alpha value is -2.41. The lowest BCUT2D eigenvalue weighted by Gasteiger charge is -2.14. The first-order chi connectivity index (χ1) is 14.4. The van der Waals surface area contributed by atoms with Crippen LogP contribution in [0.4, 0.5) is 5.82 Å². The highest BCUT2D eigenvalue weighted by Crippen LogP contribution is 2.36. The molecule has 3 aromatic rings. The largest absolute Gasteiger partial charge is 0.493 e. The molecule has 1 heterocycles. The summed E-state index contributed by atoms with van der Waals surface area (Å²) in [5.41, 5.74) is 1.15. The number of amides is 1. The molecule has 3 rings (SSSR count). The number of ether oxygens (including phenoxy) is 2. The Kier molecular flexibility index (Phi) is 7.48. The fourth-order valence-corrected chi connectivity index (χ4v) is 3.49. The number of hydrogen-bond acceptors (Lipinski definition) is 4. The summed E-state index contributed by atoms with van der Waals surface area (Å²) in [5.74, 6) is 0.955. The average Bonchev–Trinajstić information content (AvgIpc) is 3.15. The first-order valence-corrected chi connectivity index (χ1v) is 10.3. The van der Waals surface area contributed by atoms with Crippen LogP contribution < -0.4 is 14.8 Å². The molecular weight excluding hydrogens is 449 g/mol. The Bertz CT molecular complexity index is 1050. The van der Waals surface area contributed by atoms with Gasteiger partial charge in [-0.2, -0.15) is 5.10 Å². The molecule has 158 valence electrons. The second-order valence-corrected chi connectivity index (χ2v) is 7.65. The molecule has 0 fully saturated rings. The molecule has 0 aliphatic rings. The molecule has 0 aliphatic heterocycles. The van der Waals surface area contributed by atoms with Gasteiger partial charge in [0.15, 0.2) is 11.5 Å². The van der Waals surface area contributed by atoms with Crippen molar-refractivity contribution in [3.8, 4) is 11.5 Å². The van der Waals surface area contributed by atoms with Crippen LogP contribution in [0.3, 0.4) is 0 Å². The number of methoxy groups -OCH3 is 1. The molecule has 0 atom stereocenters. The molecule has 2 aromatic carbocycles. The molecule has 1 N–H and O–H groups in total. The van der Waals surface area contributed by atoms with Crippen LogP contribution in [-0.2, 0) is 6.54 Å². The first kappa shape index (κ1) is 22.3. The number of hydrogen-bond donors (Lipinski definition) is 1. The summed E-state index contributed by atoms with van der Waals surface area (Å²) in [6.45, 7) is 2.85. The lowest BCUT2D eigenvalue weighted by Crippen LogP contribution is -2.16. The topological polar surface area (TPSA) is 65.4 Å². The SMILES string of the molecule is CCCOc1c(Cl)cc(C(=O)Nc2ccnn2Cc2ccc(Cl)cc2Cl)cc1OC. The molecule has 1 aromatic heterocycles. The van der Waals surface area contributed by atoms with Crippen LogP contribution in [0.25, 0.3) is 0 Å². The molecule has 1 amide bonds. The lowest BCUT2D eigenvalue weighted by atomic mass is 10.2. The summed E-state index contributed by atoms with van der Waals surface area (Å²) in [6, 6.07) is 10.1. The maximum atomic E-state index is 12.8. The number of carbonyl (C=O) groups excluding carboxylic acids is 1. The van der Waals surface area contributed by atoms with Crippen molar-refractivity contribution in [2.24, 2.45) is 0 Å². The van der Waals surface area contributed by atoms with Crippen LogP contribution >= 0.6 is 34.8 Å². The number of nitrogens with zero attached hydrogens (tertiary/aromatic N) is 2. The summed E-state index contributed by atoms with van der Waals surface area (Å²) < 4.78 is 12.6. The van der Waals surface area contributed by atoms with Crippen LogP contribution in [0.5, 0.6) is 11.5 Å². The number of aromatic nitrogens is 2. The van der Waals surface area contributed by atoms with Crippen molar-refractivity contribution in [1.82, 2.24) is 9.78 Å². The first-order valence-electron chi connectivity index (χ1n) is 9.20. The second kappa shape index (κ2) is 10.1. The zero-order valence-corrected chi connectivity index (χ0v) is 18.7. The van der Waals surface area contributed by atoms with E-state index in [1.165, 1.54) is 7.11 Å². The van der Waals surface area contributed by atoms with E-state index >= 15 is 0 Å². The third-order valence-corrected chi connectivity index (χ3v) is 5.10. The standard InChI is InChI=1S/C21H20Cl3N3O3/c1-3-8-30-20-17(24)9-14(10-18(20)29-2)21(28)26-19-6-7-25-27(19)12-13-4-5-15(22)11-16(13)23/h4-7,9-11H,3,8,12H2,1-2H3,(H,26,28). The third kappa shape index (κ3) is 5.19. The molecule has 9 heteroatoms. The Morgan fingerprint density at radius 2 is 1.93 bits per heavy atom. The minimum atomic E-state index is -0.360. The maximum absolute atomic E-state index is 12.8. The van der Waals surface area contributed by atoms with Crippen molar-refractivity contribution >= 4 is 46.5 Å². The molecule has 0 saturated heterocycles. The van der Waals surface area contributed by atoms with Gasteiger partial charge in [-0.1, -0.05) is 47.8 Å². The van der Waals surface area contributed by atoms with Crippen LogP contribution in [-0.4, -0.2) is 29.4 Å². The number of anilines is 1. The zero-order valence-electron chi connectivity index (χ0n) is 16.4. The third-order valence-electron chi connectivity index (χ3n) is 4.24. The molecular formula is C21H20Cl3N3O3. The van der Waals surface area contributed by atoms with Crippen LogP contribution in [0.2, 0.25) is 15.1 Å². The van der Waals surface area contributed by atoms with Gasteiger partial charge in [-0.15, -0.1) is 0 Å². The van der Waals surface area contributed by atoms with Gasteiger partial charge in [0.05, 0.1) is 31.5 Å². The minimum absolute atomic E-state index is 0.300. The zero-order chi connectivity index (χ0) is 21.7. The number of rotatable bonds is 8. The molecule has 30 heavy (non-hydrogen) atoms. The van der Waals surface area contributed by atoms with E-state index in [1.54, 1.807) is 41.2 Å². The molecule has 0 radical (unpaired) electrons. The fraction of sp³-hybridized carbons (Fsp3) is 0.238. The van der Waals surface area contributed by atoms with Gasteiger partial charge in [-0.25, -0.2) is 4.68 Å². The van der Waals surface area contributed by atoms with Crippen molar-refractivity contribution in [2.75, 3.05) is 19.0 Å². The van der Waals surface area contributed by atoms with Gasteiger partial charge < -0.3 is 14.8 Å². The van der Waals surface area contributed by atoms with E-state index in [0.717, 1.165) is 12.0 Å². The molecule has 6 nitrogen and oxygen atoms in total. The fourth-order valence-electron chi connectivity index (χ4n) is 2.76. The van der Waals surface area contributed by atoms with E-state index in [-0.39, 0.29) is 5.91 Å². The Balaban J connectivity index is 1.80. The molecule has 0 aliphatic carbocycles. The number of nitrogens with one attached hydrogen (secondary N) is 1. The summed E-state index contributed by atoms with van der Waals surface area (Å²) in [5, 5.41) is 8.47. The molecule has 0 spiro atoms. The Morgan fingerprint density at radius 3 is 2.63 bits per heavy atom. The highest BCUT2D eigenvalue weighted by atomic mass is 35.5. The quantitative estimate of drug-likeness (QED) is 0.444. The van der Waals surface area contributed by atoms with Gasteiger partial charge in [-0.3, -0.25) is 4.79 Å². The summed E-state index contributed by atoms with van der Waals surface area (Å²) in [6.07, 6.45) is 2.41. The maximum Gasteiger partial charge on any atom is 0.257 e. The van der Waals surface area contributed by atoms with Gasteiger partial charge in [-0.05, 0) is 36.2 Å². The Labute approximate surface area is 189 Å². The average molecular weight is 469 g/mol. The predicted molar refractivity (Wildman–Crippen MR) is 120 cm³/mol. The lowest BCUT2D eigenvalue weighted by molar-refractivity contribution is 0.102. The van der Waals surface area contributed by atoms with Crippen molar-refractivity contribution in [2.45, 2.75) is 19.9 Å².